The van der Waals surface area contributed by atoms with E-state index in [1.807, 2.05) is 35.2 Å². The summed E-state index contributed by atoms with van der Waals surface area (Å²) in [6.07, 6.45) is 7.69. The molecule has 1 N–H and O–H groups in total. The van der Waals surface area contributed by atoms with Gasteiger partial charge in [-0.1, -0.05) is 57.7 Å². The molecule has 39 heavy (non-hydrogen) atoms. The van der Waals surface area contributed by atoms with Gasteiger partial charge in [0.2, 0.25) is 5.91 Å². The van der Waals surface area contributed by atoms with Crippen molar-refractivity contribution in [2.24, 2.45) is 5.92 Å². The number of amides is 1. The van der Waals surface area contributed by atoms with E-state index < -0.39 is 5.97 Å². The Labute approximate surface area is 234 Å². The van der Waals surface area contributed by atoms with Gasteiger partial charge in [-0.2, -0.15) is 0 Å². The monoisotopic (exact) mass is 537 g/mol. The maximum atomic E-state index is 12.9. The third-order valence-corrected chi connectivity index (χ3v) is 7.81. The first-order valence-electron chi connectivity index (χ1n) is 14.5. The van der Waals surface area contributed by atoms with E-state index in [1.165, 1.54) is 6.42 Å². The lowest BCUT2D eigenvalue weighted by atomic mass is 9.90. The molecule has 0 aromatic heterocycles. The van der Waals surface area contributed by atoms with Crippen LogP contribution in [0.5, 0.6) is 5.75 Å². The number of carbonyl (C=O) groups is 2. The number of anilines is 1. The number of unbranched alkanes of at least 4 members (excludes halogenated alkanes) is 1. The Balaban J connectivity index is 1.87. The van der Waals surface area contributed by atoms with Crippen LogP contribution in [0.15, 0.2) is 42.5 Å². The fourth-order valence-corrected chi connectivity index (χ4v) is 5.14. The summed E-state index contributed by atoms with van der Waals surface area (Å²) in [6.45, 7) is 7.19. The van der Waals surface area contributed by atoms with Crippen LogP contribution in [0, 0.1) is 5.92 Å². The first-order valence-corrected chi connectivity index (χ1v) is 14.5. The second-order valence-electron chi connectivity index (χ2n) is 11.2. The Hall–Kier alpha value is -3.06. The van der Waals surface area contributed by atoms with Gasteiger partial charge in [-0.15, -0.1) is 0 Å². The molecule has 0 spiro atoms. The lowest BCUT2D eigenvalue weighted by Gasteiger charge is -2.30. The van der Waals surface area contributed by atoms with E-state index in [1.54, 1.807) is 31.1 Å². The maximum Gasteiger partial charge on any atom is 0.335 e. The normalized spacial score (nSPS) is 15.1. The van der Waals surface area contributed by atoms with Crippen molar-refractivity contribution in [1.29, 1.82) is 0 Å². The molecule has 214 valence electrons. The Bertz CT molecular complexity index is 1060. The molecule has 1 aliphatic rings. The van der Waals surface area contributed by atoms with Crippen molar-refractivity contribution in [3.63, 3.8) is 0 Å². The zero-order valence-electron chi connectivity index (χ0n) is 24.5. The highest BCUT2D eigenvalue weighted by Crippen LogP contribution is 2.30. The second-order valence-corrected chi connectivity index (χ2v) is 11.2. The number of hydrogen-bond donors (Lipinski definition) is 1. The van der Waals surface area contributed by atoms with Gasteiger partial charge in [0.1, 0.15) is 11.9 Å². The number of ether oxygens (including phenoxy) is 1. The number of rotatable bonds is 14. The number of piperidine rings is 1. The van der Waals surface area contributed by atoms with E-state index in [2.05, 4.69) is 25.8 Å². The molecule has 2 aromatic carbocycles. The largest absolute Gasteiger partial charge is 0.490 e. The van der Waals surface area contributed by atoms with Gasteiger partial charge in [-0.3, -0.25) is 4.79 Å². The molecule has 1 amide bonds. The van der Waals surface area contributed by atoms with E-state index >= 15 is 0 Å². The predicted octanol–water partition coefficient (Wildman–Crippen LogP) is 5.71. The van der Waals surface area contributed by atoms with Crippen molar-refractivity contribution in [3.05, 3.63) is 59.2 Å². The van der Waals surface area contributed by atoms with Crippen molar-refractivity contribution in [1.82, 2.24) is 9.80 Å². The molecule has 1 fully saturated rings. The Morgan fingerprint density at radius 3 is 2.36 bits per heavy atom. The van der Waals surface area contributed by atoms with Crippen LogP contribution in [0.3, 0.4) is 0 Å². The highest BCUT2D eigenvalue weighted by atomic mass is 16.5. The Kier molecular flexibility index (Phi) is 11.7. The predicted molar refractivity (Wildman–Crippen MR) is 158 cm³/mol. The summed E-state index contributed by atoms with van der Waals surface area (Å²) in [6, 6.07) is 13.5. The van der Waals surface area contributed by atoms with Crippen LogP contribution >= 0.6 is 0 Å². The van der Waals surface area contributed by atoms with Crippen LogP contribution < -0.4 is 9.64 Å². The molecule has 1 heterocycles. The molecule has 1 atom stereocenters. The molecule has 1 aliphatic heterocycles. The summed E-state index contributed by atoms with van der Waals surface area (Å²) in [5.74, 6) is 0.387. The van der Waals surface area contributed by atoms with Crippen LogP contribution in [0.2, 0.25) is 0 Å². The number of nitrogens with zero attached hydrogens (tertiary/aromatic N) is 3. The molecule has 1 unspecified atom stereocenters. The molecule has 1 saturated heterocycles. The molecule has 2 aromatic rings. The van der Waals surface area contributed by atoms with Gasteiger partial charge in [0.15, 0.2) is 0 Å². The maximum absolute atomic E-state index is 12.9. The number of carbonyl (C=O) groups excluding carboxylic acids is 1. The molecule has 0 saturated carbocycles. The topological polar surface area (TPSA) is 73.3 Å². The summed E-state index contributed by atoms with van der Waals surface area (Å²) < 4.78 is 6.23. The zero-order chi connectivity index (χ0) is 28.4. The molecular weight excluding hydrogens is 490 g/mol. The smallest absolute Gasteiger partial charge is 0.335 e. The van der Waals surface area contributed by atoms with E-state index in [0.717, 1.165) is 74.2 Å². The Morgan fingerprint density at radius 2 is 1.77 bits per heavy atom. The summed E-state index contributed by atoms with van der Waals surface area (Å²) in [5.41, 5.74) is 3.20. The van der Waals surface area contributed by atoms with Crippen LogP contribution in [-0.4, -0.2) is 73.7 Å². The summed E-state index contributed by atoms with van der Waals surface area (Å²) >= 11 is 0. The molecule has 0 radical (unpaired) electrons. The van der Waals surface area contributed by atoms with Crippen molar-refractivity contribution in [3.8, 4) is 5.75 Å². The number of carboxylic acid groups (broad SMARTS) is 1. The first-order chi connectivity index (χ1) is 18.7. The summed E-state index contributed by atoms with van der Waals surface area (Å²) in [7, 11) is 5.65. The fourth-order valence-electron chi connectivity index (χ4n) is 5.14. The van der Waals surface area contributed by atoms with Crippen molar-refractivity contribution >= 4 is 17.6 Å². The standard InChI is InChI=1S/C32H47N3O4/c1-6-8-9-24(7-2)20-26-12-13-27(32(37)38)21-30(26)35(23-31(36)33(3)4)22-25-10-14-28(15-11-25)39-29-16-18-34(5)19-17-29/h10-15,21,24,29H,6-9,16-20,22-23H2,1-5H3,(H,37,38). The molecule has 0 bridgehead atoms. The molecule has 0 aliphatic carbocycles. The number of benzene rings is 2. The second kappa shape index (κ2) is 14.9. The van der Waals surface area contributed by atoms with Crippen LogP contribution in [0.1, 0.15) is 73.9 Å². The van der Waals surface area contributed by atoms with Gasteiger partial charge in [0, 0.05) is 39.4 Å². The lowest BCUT2D eigenvalue weighted by molar-refractivity contribution is -0.127. The van der Waals surface area contributed by atoms with Crippen molar-refractivity contribution in [2.45, 2.75) is 71.4 Å². The van der Waals surface area contributed by atoms with Gasteiger partial charge in [-0.05, 0) is 67.6 Å². The minimum atomic E-state index is -0.963. The van der Waals surface area contributed by atoms with Gasteiger partial charge in [0.05, 0.1) is 12.1 Å². The highest BCUT2D eigenvalue weighted by Gasteiger charge is 2.21. The van der Waals surface area contributed by atoms with Crippen molar-refractivity contribution in [2.75, 3.05) is 45.7 Å². The molecule has 7 nitrogen and oxygen atoms in total. The highest BCUT2D eigenvalue weighted by molar-refractivity contribution is 5.90. The Morgan fingerprint density at radius 1 is 1.08 bits per heavy atom. The number of hydrogen-bond acceptors (Lipinski definition) is 5. The first kappa shape index (κ1) is 30.5. The SMILES string of the molecule is CCCCC(CC)Cc1ccc(C(=O)O)cc1N(CC(=O)N(C)C)Cc1ccc(OC2CCN(C)CC2)cc1. The average molecular weight is 538 g/mol. The van der Waals surface area contributed by atoms with Crippen LogP contribution in [-0.2, 0) is 17.8 Å². The van der Waals surface area contributed by atoms with Gasteiger partial charge < -0.3 is 24.5 Å². The zero-order valence-corrected chi connectivity index (χ0v) is 24.5. The number of likely N-dealkylation sites (N-methyl/N-ethyl adjacent to an activating group) is 1. The average Bonchev–Trinajstić information content (AvgIpc) is 2.92. The molecule has 3 rings (SSSR count). The van der Waals surface area contributed by atoms with E-state index in [-0.39, 0.29) is 24.1 Å². The van der Waals surface area contributed by atoms with Gasteiger partial charge >= 0.3 is 5.97 Å². The van der Waals surface area contributed by atoms with Crippen molar-refractivity contribution < 1.29 is 19.4 Å². The minimum absolute atomic E-state index is 0.0260. The van der Waals surface area contributed by atoms with E-state index in [4.69, 9.17) is 4.74 Å². The van der Waals surface area contributed by atoms with Gasteiger partial charge in [-0.25, -0.2) is 4.79 Å². The third kappa shape index (κ3) is 9.27. The summed E-state index contributed by atoms with van der Waals surface area (Å²) in [5, 5.41) is 9.76. The minimum Gasteiger partial charge on any atom is -0.490 e. The van der Waals surface area contributed by atoms with Crippen LogP contribution in [0.4, 0.5) is 5.69 Å². The lowest BCUT2D eigenvalue weighted by Crippen LogP contribution is -2.37. The van der Waals surface area contributed by atoms with E-state index in [0.29, 0.717) is 12.5 Å². The number of carboxylic acids is 1. The van der Waals surface area contributed by atoms with Gasteiger partial charge in [0.25, 0.3) is 0 Å². The fraction of sp³-hybridized carbons (Fsp3) is 0.562. The third-order valence-electron chi connectivity index (χ3n) is 7.81. The number of likely N-dealkylation sites (tertiary alicyclic amines) is 1. The van der Waals surface area contributed by atoms with Crippen LogP contribution in [0.25, 0.3) is 0 Å². The molecule has 7 heteroatoms. The van der Waals surface area contributed by atoms with E-state index in [9.17, 15) is 14.7 Å². The molecular formula is C32H47N3O4. The quantitative estimate of drug-likeness (QED) is 0.333. The number of aromatic carboxylic acids is 1. The summed E-state index contributed by atoms with van der Waals surface area (Å²) in [4.78, 5) is 30.8.